The number of ketones is 1. The summed E-state index contributed by atoms with van der Waals surface area (Å²) in [5.74, 6) is 3.76. The number of hydrogen-bond donors (Lipinski definition) is 1. The molecule has 5 nitrogen and oxygen atoms in total. The Kier molecular flexibility index (Phi) is 5.50. The van der Waals surface area contributed by atoms with Gasteiger partial charge in [0.1, 0.15) is 11.9 Å². The summed E-state index contributed by atoms with van der Waals surface area (Å²) in [6.07, 6.45) is 10.1. The van der Waals surface area contributed by atoms with Crippen LogP contribution in [-0.4, -0.2) is 44.4 Å². The molecule has 168 valence electrons. The maximum absolute atomic E-state index is 12.7. The fraction of sp³-hybridized carbons (Fsp3) is 0.920. The van der Waals surface area contributed by atoms with E-state index in [0.717, 1.165) is 64.1 Å². The Bertz CT molecular complexity index is 703. The van der Waals surface area contributed by atoms with Crippen LogP contribution in [0.15, 0.2) is 5.16 Å². The largest absolute Gasteiger partial charge is 0.391 e. The van der Waals surface area contributed by atoms with E-state index in [1.165, 1.54) is 25.0 Å². The Labute approximate surface area is 181 Å². The average molecular weight is 417 g/mol. The van der Waals surface area contributed by atoms with Crippen LogP contribution in [0.4, 0.5) is 0 Å². The molecule has 8 atom stereocenters. The SMILES string of the molecule is COCC1C[C@@H]2[C@@H](CC[C@]3(C)C(=O)CC[C@@H]23)[C@@]2(C)CC/C(=N/O[C@@H]3CCNC3)CC12. The molecule has 0 aromatic rings. The van der Waals surface area contributed by atoms with E-state index in [0.29, 0.717) is 34.9 Å². The van der Waals surface area contributed by atoms with Gasteiger partial charge in [0.2, 0.25) is 0 Å². The first kappa shape index (κ1) is 20.9. The van der Waals surface area contributed by atoms with Gasteiger partial charge < -0.3 is 14.9 Å². The Hall–Kier alpha value is -0.940. The molecule has 1 heterocycles. The monoisotopic (exact) mass is 416 g/mol. The van der Waals surface area contributed by atoms with Gasteiger partial charge in [-0.1, -0.05) is 19.0 Å². The van der Waals surface area contributed by atoms with Crippen molar-refractivity contribution in [1.82, 2.24) is 5.32 Å². The molecule has 4 saturated carbocycles. The molecule has 0 radical (unpaired) electrons. The molecule has 1 N–H and O–H groups in total. The van der Waals surface area contributed by atoms with Crippen LogP contribution in [0.1, 0.15) is 71.6 Å². The highest BCUT2D eigenvalue weighted by molar-refractivity contribution is 5.87. The van der Waals surface area contributed by atoms with Crippen molar-refractivity contribution in [2.45, 2.75) is 77.7 Å². The summed E-state index contributed by atoms with van der Waals surface area (Å²) in [5.41, 5.74) is 1.56. The lowest BCUT2D eigenvalue weighted by Crippen LogP contribution is -2.57. The van der Waals surface area contributed by atoms with E-state index in [9.17, 15) is 4.79 Å². The minimum Gasteiger partial charge on any atom is -0.391 e. The lowest BCUT2D eigenvalue weighted by molar-refractivity contribution is -0.145. The third kappa shape index (κ3) is 3.26. The second-order valence-electron chi connectivity index (χ2n) is 11.4. The van der Waals surface area contributed by atoms with E-state index in [2.05, 4.69) is 24.3 Å². The molecular weight excluding hydrogens is 376 g/mol. The third-order valence-corrected chi connectivity index (χ3v) is 10.1. The molecule has 5 rings (SSSR count). The smallest absolute Gasteiger partial charge is 0.141 e. The minimum atomic E-state index is -0.0492. The number of hydrogen-bond acceptors (Lipinski definition) is 5. The molecule has 30 heavy (non-hydrogen) atoms. The van der Waals surface area contributed by atoms with Crippen LogP contribution in [0.3, 0.4) is 0 Å². The van der Waals surface area contributed by atoms with Crippen molar-refractivity contribution in [2.24, 2.45) is 45.6 Å². The van der Waals surface area contributed by atoms with Gasteiger partial charge in [-0.25, -0.2) is 0 Å². The van der Waals surface area contributed by atoms with Gasteiger partial charge in [-0.05, 0) is 86.5 Å². The van der Waals surface area contributed by atoms with Crippen LogP contribution in [-0.2, 0) is 14.4 Å². The van der Waals surface area contributed by atoms with E-state index in [1.54, 1.807) is 0 Å². The highest BCUT2D eigenvalue weighted by Crippen LogP contribution is 2.66. The van der Waals surface area contributed by atoms with E-state index in [-0.39, 0.29) is 11.5 Å². The predicted molar refractivity (Wildman–Crippen MR) is 117 cm³/mol. The molecule has 1 aliphatic heterocycles. The zero-order valence-electron chi connectivity index (χ0n) is 19.1. The lowest BCUT2D eigenvalue weighted by atomic mass is 9.43. The number of rotatable bonds is 4. The van der Waals surface area contributed by atoms with Crippen molar-refractivity contribution in [3.05, 3.63) is 0 Å². The number of carbonyl (C=O) groups excluding carboxylic acids is 1. The van der Waals surface area contributed by atoms with Crippen LogP contribution in [0.2, 0.25) is 0 Å². The number of nitrogens with zero attached hydrogens (tertiary/aromatic N) is 1. The number of oxime groups is 1. The molecule has 0 aromatic heterocycles. The van der Waals surface area contributed by atoms with Crippen LogP contribution < -0.4 is 5.32 Å². The van der Waals surface area contributed by atoms with Crippen molar-refractivity contribution >= 4 is 11.5 Å². The van der Waals surface area contributed by atoms with Crippen LogP contribution in [0, 0.1) is 40.4 Å². The zero-order chi connectivity index (χ0) is 20.9. The fourth-order valence-corrected chi connectivity index (χ4v) is 8.42. The number of fused-ring (bicyclic) bond motifs is 5. The van der Waals surface area contributed by atoms with Crippen LogP contribution >= 0.6 is 0 Å². The summed E-state index contributed by atoms with van der Waals surface area (Å²) in [6, 6.07) is 0. The molecule has 0 amide bonds. The molecule has 2 unspecified atom stereocenters. The number of Topliss-reactive ketones (excluding diaryl/α,β-unsaturated/α-hetero) is 1. The summed E-state index contributed by atoms with van der Waals surface area (Å²) in [6.45, 7) is 7.64. The number of methoxy groups -OCH3 is 1. The third-order valence-electron chi connectivity index (χ3n) is 10.1. The average Bonchev–Trinajstić information content (AvgIpc) is 3.35. The van der Waals surface area contributed by atoms with Gasteiger partial charge in [0.05, 0.1) is 5.71 Å². The van der Waals surface area contributed by atoms with Crippen LogP contribution in [0.5, 0.6) is 0 Å². The van der Waals surface area contributed by atoms with Crippen molar-refractivity contribution in [1.29, 1.82) is 0 Å². The molecule has 0 spiro atoms. The zero-order valence-corrected chi connectivity index (χ0v) is 19.1. The van der Waals surface area contributed by atoms with E-state index in [1.807, 2.05) is 7.11 Å². The first-order valence-electron chi connectivity index (χ1n) is 12.4. The predicted octanol–water partition coefficient (Wildman–Crippen LogP) is 4.21. The highest BCUT2D eigenvalue weighted by atomic mass is 16.6. The molecule has 1 saturated heterocycles. The topological polar surface area (TPSA) is 59.9 Å². The number of ether oxygens (including phenoxy) is 1. The Balaban J connectivity index is 1.38. The molecule has 0 bridgehead atoms. The lowest BCUT2D eigenvalue weighted by Gasteiger charge is -2.61. The van der Waals surface area contributed by atoms with Gasteiger partial charge in [-0.2, -0.15) is 0 Å². The van der Waals surface area contributed by atoms with Crippen molar-refractivity contribution in [3.8, 4) is 0 Å². The molecule has 0 aromatic carbocycles. The Morgan fingerprint density at radius 1 is 1.10 bits per heavy atom. The first-order valence-corrected chi connectivity index (χ1v) is 12.4. The summed E-state index contributed by atoms with van der Waals surface area (Å²) in [4.78, 5) is 18.6. The highest BCUT2D eigenvalue weighted by Gasteiger charge is 2.62. The summed E-state index contributed by atoms with van der Waals surface area (Å²) in [5, 5.41) is 8.01. The molecule has 5 fully saturated rings. The summed E-state index contributed by atoms with van der Waals surface area (Å²) >= 11 is 0. The van der Waals surface area contributed by atoms with E-state index >= 15 is 0 Å². The van der Waals surface area contributed by atoms with Gasteiger partial charge in [-0.15, -0.1) is 0 Å². The molecule has 5 heteroatoms. The molecular formula is C25H40N2O3. The van der Waals surface area contributed by atoms with Crippen molar-refractivity contribution in [3.63, 3.8) is 0 Å². The van der Waals surface area contributed by atoms with Gasteiger partial charge in [0.15, 0.2) is 0 Å². The fourth-order valence-electron chi connectivity index (χ4n) is 8.42. The second kappa shape index (κ2) is 7.88. The van der Waals surface area contributed by atoms with Gasteiger partial charge in [0.25, 0.3) is 0 Å². The Morgan fingerprint density at radius 2 is 1.97 bits per heavy atom. The van der Waals surface area contributed by atoms with Gasteiger partial charge in [-0.3, -0.25) is 4.79 Å². The maximum Gasteiger partial charge on any atom is 0.141 e. The molecule has 5 aliphatic rings. The van der Waals surface area contributed by atoms with Gasteiger partial charge in [0, 0.05) is 38.5 Å². The number of nitrogens with one attached hydrogen (secondary N) is 1. The summed E-state index contributed by atoms with van der Waals surface area (Å²) in [7, 11) is 1.85. The van der Waals surface area contributed by atoms with E-state index < -0.39 is 0 Å². The minimum absolute atomic E-state index is 0.0492. The Morgan fingerprint density at radius 3 is 2.73 bits per heavy atom. The quantitative estimate of drug-likeness (QED) is 0.698. The van der Waals surface area contributed by atoms with E-state index in [4.69, 9.17) is 9.57 Å². The molecule has 4 aliphatic carbocycles. The van der Waals surface area contributed by atoms with Gasteiger partial charge >= 0.3 is 0 Å². The normalized spacial score (nSPS) is 49.6. The second-order valence-corrected chi connectivity index (χ2v) is 11.4. The maximum atomic E-state index is 12.7. The standard InChI is InChI=1S/C25H40N2O3/c1-24-9-6-17(27-30-18-8-11-26-14-18)13-22(24)16(15-29-3)12-19-20-4-5-23(28)25(20,2)10-7-21(19)24/h16,18-22,26H,4-15H2,1-3H3/b27-17-/t16?,18-,19+,20+,21-,22?,24-,25+/m1/s1. The van der Waals surface area contributed by atoms with Crippen LogP contribution in [0.25, 0.3) is 0 Å². The number of carbonyl (C=O) groups is 1. The summed E-state index contributed by atoms with van der Waals surface area (Å²) < 4.78 is 5.74. The van der Waals surface area contributed by atoms with Crippen molar-refractivity contribution < 1.29 is 14.4 Å². The van der Waals surface area contributed by atoms with Crippen molar-refractivity contribution in [2.75, 3.05) is 26.8 Å². The first-order chi connectivity index (χ1) is 14.5.